The van der Waals surface area contributed by atoms with Gasteiger partial charge in [-0.1, -0.05) is 25.0 Å². The van der Waals surface area contributed by atoms with E-state index in [0.29, 0.717) is 24.1 Å². The van der Waals surface area contributed by atoms with Gasteiger partial charge in [0.2, 0.25) is 0 Å². The Labute approximate surface area is 121 Å². The Morgan fingerprint density at radius 1 is 1.30 bits per heavy atom. The quantitative estimate of drug-likeness (QED) is 0.864. The zero-order valence-electron chi connectivity index (χ0n) is 12.2. The van der Waals surface area contributed by atoms with Crippen LogP contribution in [0.25, 0.3) is 0 Å². The molecule has 2 atom stereocenters. The molecule has 2 rings (SSSR count). The Morgan fingerprint density at radius 3 is 2.65 bits per heavy atom. The highest BCUT2D eigenvalue weighted by Crippen LogP contribution is 2.32. The third kappa shape index (κ3) is 2.96. The molecule has 1 amide bonds. The summed E-state index contributed by atoms with van der Waals surface area (Å²) in [5.41, 5.74) is 13.0. The normalized spacial score (nSPS) is 22.5. The van der Waals surface area contributed by atoms with Gasteiger partial charge in [-0.15, -0.1) is 0 Å². The highest BCUT2D eigenvalue weighted by Gasteiger charge is 2.30. The second-order valence-corrected chi connectivity index (χ2v) is 5.52. The molecular weight excluding hydrogens is 250 g/mol. The van der Waals surface area contributed by atoms with E-state index in [4.69, 9.17) is 11.5 Å². The van der Waals surface area contributed by atoms with Gasteiger partial charge in [0.15, 0.2) is 0 Å². The van der Waals surface area contributed by atoms with Gasteiger partial charge in [0, 0.05) is 18.3 Å². The fraction of sp³-hybridized carbons (Fsp3) is 0.562. The molecule has 1 aliphatic carbocycles. The van der Waals surface area contributed by atoms with Gasteiger partial charge < -0.3 is 16.4 Å². The minimum atomic E-state index is -0.362. The number of rotatable bonds is 5. The molecule has 0 aromatic heterocycles. The first-order valence-electron chi connectivity index (χ1n) is 7.54. The SMILES string of the molecule is CCN(c1ccccc1C(N)=O)C1CCCCC1CN. The second kappa shape index (κ2) is 6.75. The van der Waals surface area contributed by atoms with Crippen LogP contribution < -0.4 is 16.4 Å². The van der Waals surface area contributed by atoms with Crippen molar-refractivity contribution in [2.24, 2.45) is 17.4 Å². The van der Waals surface area contributed by atoms with Crippen LogP contribution in [0.4, 0.5) is 5.69 Å². The lowest BCUT2D eigenvalue weighted by Gasteiger charge is -2.41. The molecule has 0 aliphatic heterocycles. The average molecular weight is 275 g/mol. The van der Waals surface area contributed by atoms with Crippen molar-refractivity contribution < 1.29 is 4.79 Å². The summed E-state index contributed by atoms with van der Waals surface area (Å²) in [6.07, 6.45) is 4.81. The van der Waals surface area contributed by atoms with Crippen molar-refractivity contribution in [1.29, 1.82) is 0 Å². The minimum Gasteiger partial charge on any atom is -0.368 e. The molecule has 0 bridgehead atoms. The second-order valence-electron chi connectivity index (χ2n) is 5.52. The van der Waals surface area contributed by atoms with E-state index in [0.717, 1.165) is 18.7 Å². The number of nitrogens with zero attached hydrogens (tertiary/aromatic N) is 1. The third-order valence-corrected chi connectivity index (χ3v) is 4.39. The molecule has 1 fully saturated rings. The van der Waals surface area contributed by atoms with E-state index in [2.05, 4.69) is 11.8 Å². The molecule has 1 aromatic rings. The molecule has 4 heteroatoms. The van der Waals surface area contributed by atoms with Crippen molar-refractivity contribution >= 4 is 11.6 Å². The lowest BCUT2D eigenvalue weighted by atomic mass is 9.83. The van der Waals surface area contributed by atoms with Crippen LogP contribution in [-0.4, -0.2) is 25.0 Å². The maximum Gasteiger partial charge on any atom is 0.250 e. The van der Waals surface area contributed by atoms with Crippen LogP contribution in [0.2, 0.25) is 0 Å². The summed E-state index contributed by atoms with van der Waals surface area (Å²) in [4.78, 5) is 14.0. The Hall–Kier alpha value is -1.55. The van der Waals surface area contributed by atoms with Crippen molar-refractivity contribution in [2.45, 2.75) is 38.6 Å². The van der Waals surface area contributed by atoms with Gasteiger partial charge in [0.05, 0.1) is 5.56 Å². The van der Waals surface area contributed by atoms with E-state index >= 15 is 0 Å². The fourth-order valence-electron chi connectivity index (χ4n) is 3.39. The van der Waals surface area contributed by atoms with E-state index in [1.165, 1.54) is 19.3 Å². The molecule has 2 unspecified atom stereocenters. The van der Waals surface area contributed by atoms with E-state index in [1.807, 2.05) is 18.2 Å². The van der Waals surface area contributed by atoms with Crippen molar-refractivity contribution in [1.82, 2.24) is 0 Å². The maximum absolute atomic E-state index is 11.6. The summed E-state index contributed by atoms with van der Waals surface area (Å²) >= 11 is 0. The lowest BCUT2D eigenvalue weighted by molar-refractivity contribution is 0.100. The number of carbonyl (C=O) groups excluding carboxylic acids is 1. The summed E-state index contributed by atoms with van der Waals surface area (Å²) in [6, 6.07) is 8.04. The molecular formula is C16H25N3O. The van der Waals surface area contributed by atoms with Gasteiger partial charge >= 0.3 is 0 Å². The van der Waals surface area contributed by atoms with Gasteiger partial charge in [-0.2, -0.15) is 0 Å². The first-order valence-corrected chi connectivity index (χ1v) is 7.54. The summed E-state index contributed by atoms with van der Waals surface area (Å²) in [7, 11) is 0. The minimum absolute atomic E-state index is 0.362. The van der Waals surface area contributed by atoms with Gasteiger partial charge in [-0.05, 0) is 44.4 Å². The topological polar surface area (TPSA) is 72.3 Å². The van der Waals surface area contributed by atoms with Gasteiger partial charge in [0.25, 0.3) is 5.91 Å². The van der Waals surface area contributed by atoms with Gasteiger partial charge in [-0.25, -0.2) is 0 Å². The van der Waals surface area contributed by atoms with Crippen LogP contribution in [0.3, 0.4) is 0 Å². The van der Waals surface area contributed by atoms with Gasteiger partial charge in [-0.3, -0.25) is 4.79 Å². The number of hydrogen-bond donors (Lipinski definition) is 2. The molecule has 0 radical (unpaired) electrons. The highest BCUT2D eigenvalue weighted by molar-refractivity contribution is 5.98. The number of nitrogens with two attached hydrogens (primary N) is 2. The molecule has 20 heavy (non-hydrogen) atoms. The summed E-state index contributed by atoms with van der Waals surface area (Å²) in [5.74, 6) is 0.142. The third-order valence-electron chi connectivity index (χ3n) is 4.39. The van der Waals surface area contributed by atoms with Crippen LogP contribution >= 0.6 is 0 Å². The van der Waals surface area contributed by atoms with Crippen molar-refractivity contribution in [3.05, 3.63) is 29.8 Å². The maximum atomic E-state index is 11.6. The zero-order chi connectivity index (χ0) is 14.5. The first kappa shape index (κ1) is 14.9. The molecule has 0 heterocycles. The van der Waals surface area contributed by atoms with Crippen molar-refractivity contribution in [2.75, 3.05) is 18.0 Å². The largest absolute Gasteiger partial charge is 0.368 e. The summed E-state index contributed by atoms with van der Waals surface area (Å²) in [5, 5.41) is 0. The lowest BCUT2D eigenvalue weighted by Crippen LogP contribution is -2.46. The van der Waals surface area contributed by atoms with Crippen LogP contribution in [0.15, 0.2) is 24.3 Å². The number of hydrogen-bond acceptors (Lipinski definition) is 3. The Bertz CT molecular complexity index is 461. The van der Waals surface area contributed by atoms with E-state index < -0.39 is 0 Å². The average Bonchev–Trinajstić information content (AvgIpc) is 2.49. The molecule has 0 saturated heterocycles. The molecule has 110 valence electrons. The number of carbonyl (C=O) groups is 1. The van der Waals surface area contributed by atoms with Gasteiger partial charge in [0.1, 0.15) is 0 Å². The Balaban J connectivity index is 2.34. The standard InChI is InChI=1S/C16H25N3O/c1-2-19(14-9-5-3-7-12(14)11-17)15-10-6-4-8-13(15)16(18)20/h4,6,8,10,12,14H,2-3,5,7,9,11,17H2,1H3,(H2,18,20). The Kier molecular flexibility index (Phi) is 5.01. The van der Waals surface area contributed by atoms with Crippen LogP contribution in [-0.2, 0) is 0 Å². The summed E-state index contributed by atoms with van der Waals surface area (Å²) in [6.45, 7) is 3.70. The van der Waals surface area contributed by atoms with E-state index in [9.17, 15) is 4.79 Å². The molecule has 0 spiro atoms. The fourth-order valence-corrected chi connectivity index (χ4v) is 3.39. The van der Waals surface area contributed by atoms with Crippen molar-refractivity contribution in [3.63, 3.8) is 0 Å². The van der Waals surface area contributed by atoms with E-state index in [1.54, 1.807) is 6.07 Å². The molecule has 1 aromatic carbocycles. The number of amides is 1. The van der Waals surface area contributed by atoms with Crippen molar-refractivity contribution in [3.8, 4) is 0 Å². The molecule has 4 N–H and O–H groups in total. The number of anilines is 1. The predicted molar refractivity (Wildman–Crippen MR) is 82.8 cm³/mol. The van der Waals surface area contributed by atoms with Crippen LogP contribution in [0.1, 0.15) is 43.0 Å². The molecule has 4 nitrogen and oxygen atoms in total. The monoisotopic (exact) mass is 275 g/mol. The van der Waals surface area contributed by atoms with Crippen LogP contribution in [0.5, 0.6) is 0 Å². The van der Waals surface area contributed by atoms with Crippen LogP contribution in [0, 0.1) is 5.92 Å². The number of benzene rings is 1. The predicted octanol–water partition coefficient (Wildman–Crippen LogP) is 2.13. The first-order chi connectivity index (χ1) is 9.69. The highest BCUT2D eigenvalue weighted by atomic mass is 16.1. The number of para-hydroxylation sites is 1. The molecule has 1 aliphatic rings. The molecule has 1 saturated carbocycles. The smallest absolute Gasteiger partial charge is 0.250 e. The number of primary amides is 1. The van der Waals surface area contributed by atoms with E-state index in [-0.39, 0.29) is 5.91 Å². The Morgan fingerprint density at radius 2 is 2.00 bits per heavy atom. The zero-order valence-corrected chi connectivity index (χ0v) is 12.2. The summed E-state index contributed by atoms with van der Waals surface area (Å²) < 4.78 is 0.